The molecule has 2 N–H and O–H groups in total. The average molecular weight is 282 g/mol. The summed E-state index contributed by atoms with van der Waals surface area (Å²) >= 11 is 0. The second-order valence-corrected chi connectivity index (χ2v) is 5.91. The van der Waals surface area contributed by atoms with Crippen LogP contribution in [0.15, 0.2) is 0 Å². The van der Waals surface area contributed by atoms with E-state index in [0.717, 1.165) is 19.3 Å². The zero-order chi connectivity index (χ0) is 14.7. The molecule has 3 unspecified atom stereocenters. The lowest BCUT2D eigenvalue weighted by molar-refractivity contribution is -0.145. The van der Waals surface area contributed by atoms with E-state index in [1.54, 1.807) is 11.9 Å². The van der Waals surface area contributed by atoms with Gasteiger partial charge in [-0.3, -0.25) is 14.4 Å². The van der Waals surface area contributed by atoms with Gasteiger partial charge in [-0.15, -0.1) is 0 Å². The first-order valence-corrected chi connectivity index (χ1v) is 7.23. The molecule has 0 aromatic rings. The van der Waals surface area contributed by atoms with Crippen LogP contribution >= 0.6 is 0 Å². The molecule has 2 amide bonds. The van der Waals surface area contributed by atoms with Crippen molar-refractivity contribution >= 4 is 17.8 Å². The van der Waals surface area contributed by atoms with Gasteiger partial charge in [0.05, 0.1) is 11.8 Å². The molecule has 2 rings (SSSR count). The van der Waals surface area contributed by atoms with Crippen LogP contribution in [-0.4, -0.2) is 47.9 Å². The molecule has 1 aliphatic heterocycles. The van der Waals surface area contributed by atoms with Gasteiger partial charge >= 0.3 is 5.97 Å². The molecular formula is C14H22N2O4. The SMILES string of the molecule is CN1CC(C(=O)NCC2CCCCC2C(=O)O)CC1=O. The predicted molar refractivity (Wildman–Crippen MR) is 71.8 cm³/mol. The lowest BCUT2D eigenvalue weighted by Gasteiger charge is -2.28. The first kappa shape index (κ1) is 14.8. The number of amides is 2. The van der Waals surface area contributed by atoms with Crippen LogP contribution in [0.1, 0.15) is 32.1 Å². The minimum Gasteiger partial charge on any atom is -0.481 e. The first-order chi connectivity index (χ1) is 9.49. The molecule has 1 saturated heterocycles. The second-order valence-electron chi connectivity index (χ2n) is 5.91. The number of aliphatic carboxylic acids is 1. The van der Waals surface area contributed by atoms with E-state index in [2.05, 4.69) is 5.32 Å². The summed E-state index contributed by atoms with van der Waals surface area (Å²) in [5.74, 6) is -1.53. The number of nitrogens with zero attached hydrogens (tertiary/aromatic N) is 1. The van der Waals surface area contributed by atoms with E-state index in [1.165, 1.54) is 0 Å². The van der Waals surface area contributed by atoms with Crippen LogP contribution in [0.25, 0.3) is 0 Å². The minimum absolute atomic E-state index is 0.00812. The fraction of sp³-hybridized carbons (Fsp3) is 0.786. The van der Waals surface area contributed by atoms with Crippen molar-refractivity contribution in [3.05, 3.63) is 0 Å². The Hall–Kier alpha value is -1.59. The molecule has 2 fully saturated rings. The molecular weight excluding hydrogens is 260 g/mol. The average Bonchev–Trinajstić information content (AvgIpc) is 2.76. The quantitative estimate of drug-likeness (QED) is 0.785. The summed E-state index contributed by atoms with van der Waals surface area (Å²) in [7, 11) is 1.69. The fourth-order valence-corrected chi connectivity index (χ4v) is 3.19. The third-order valence-corrected chi connectivity index (χ3v) is 4.48. The summed E-state index contributed by atoms with van der Waals surface area (Å²) in [6.07, 6.45) is 3.77. The van der Waals surface area contributed by atoms with Crippen LogP contribution in [0.4, 0.5) is 0 Å². The smallest absolute Gasteiger partial charge is 0.306 e. The topological polar surface area (TPSA) is 86.7 Å². The van der Waals surface area contributed by atoms with Crippen molar-refractivity contribution in [1.29, 1.82) is 0 Å². The fourth-order valence-electron chi connectivity index (χ4n) is 3.19. The number of hydrogen-bond donors (Lipinski definition) is 2. The normalized spacial score (nSPS) is 30.4. The van der Waals surface area contributed by atoms with Crippen molar-refractivity contribution in [1.82, 2.24) is 10.2 Å². The molecule has 20 heavy (non-hydrogen) atoms. The molecule has 0 aromatic heterocycles. The second kappa shape index (κ2) is 6.24. The van der Waals surface area contributed by atoms with E-state index in [1.807, 2.05) is 0 Å². The van der Waals surface area contributed by atoms with Crippen LogP contribution in [0.2, 0.25) is 0 Å². The van der Waals surface area contributed by atoms with Gasteiger partial charge in [-0.1, -0.05) is 12.8 Å². The number of hydrogen-bond acceptors (Lipinski definition) is 3. The van der Waals surface area contributed by atoms with Gasteiger partial charge in [0.25, 0.3) is 0 Å². The number of carbonyl (C=O) groups excluding carboxylic acids is 2. The summed E-state index contributed by atoms with van der Waals surface area (Å²) in [4.78, 5) is 36.2. The Morgan fingerprint density at radius 2 is 2.05 bits per heavy atom. The van der Waals surface area contributed by atoms with E-state index < -0.39 is 5.97 Å². The Morgan fingerprint density at radius 1 is 1.35 bits per heavy atom. The van der Waals surface area contributed by atoms with Crippen LogP contribution in [0.3, 0.4) is 0 Å². The molecule has 1 heterocycles. The molecule has 6 nitrogen and oxygen atoms in total. The summed E-state index contributed by atoms with van der Waals surface area (Å²) < 4.78 is 0. The Labute approximate surface area is 118 Å². The van der Waals surface area contributed by atoms with Crippen molar-refractivity contribution in [2.24, 2.45) is 17.8 Å². The number of carbonyl (C=O) groups is 3. The highest BCUT2D eigenvalue weighted by Gasteiger charge is 2.34. The maximum absolute atomic E-state index is 12.0. The minimum atomic E-state index is -0.764. The summed E-state index contributed by atoms with van der Waals surface area (Å²) in [5.41, 5.74) is 0. The highest BCUT2D eigenvalue weighted by Crippen LogP contribution is 2.30. The Morgan fingerprint density at radius 3 is 2.65 bits per heavy atom. The molecule has 0 radical (unpaired) electrons. The van der Waals surface area contributed by atoms with Crippen LogP contribution in [0.5, 0.6) is 0 Å². The number of carboxylic acid groups (broad SMARTS) is 1. The molecule has 1 saturated carbocycles. The highest BCUT2D eigenvalue weighted by atomic mass is 16.4. The molecule has 3 atom stereocenters. The van der Waals surface area contributed by atoms with Crippen molar-refractivity contribution in [2.75, 3.05) is 20.1 Å². The maximum atomic E-state index is 12.0. The van der Waals surface area contributed by atoms with Gasteiger partial charge < -0.3 is 15.3 Å². The standard InChI is InChI=1S/C14H22N2O4/c1-16-8-10(6-12(16)17)13(18)15-7-9-4-2-3-5-11(9)14(19)20/h9-11H,2-8H2,1H3,(H,15,18)(H,19,20). The monoisotopic (exact) mass is 282 g/mol. The Kier molecular flexibility index (Phi) is 4.62. The molecule has 112 valence electrons. The molecule has 0 bridgehead atoms. The Balaban J connectivity index is 1.83. The predicted octanol–water partition coefficient (Wildman–Crippen LogP) is 0.472. The third-order valence-electron chi connectivity index (χ3n) is 4.48. The molecule has 6 heteroatoms. The zero-order valence-electron chi connectivity index (χ0n) is 11.8. The number of rotatable bonds is 4. The molecule has 0 aromatic carbocycles. The van der Waals surface area contributed by atoms with E-state index in [9.17, 15) is 19.5 Å². The van der Waals surface area contributed by atoms with Crippen LogP contribution in [-0.2, 0) is 14.4 Å². The summed E-state index contributed by atoms with van der Waals surface area (Å²) in [5, 5.41) is 12.0. The lowest BCUT2D eigenvalue weighted by atomic mass is 9.79. The van der Waals surface area contributed by atoms with Crippen molar-refractivity contribution in [3.8, 4) is 0 Å². The van der Waals surface area contributed by atoms with Gasteiger partial charge in [0.15, 0.2) is 0 Å². The number of likely N-dealkylation sites (tertiary alicyclic amines) is 1. The summed E-state index contributed by atoms with van der Waals surface area (Å²) in [6.45, 7) is 0.863. The molecule has 1 aliphatic carbocycles. The van der Waals surface area contributed by atoms with Gasteiger partial charge in [0.1, 0.15) is 0 Å². The van der Waals surface area contributed by atoms with Gasteiger partial charge in [-0.05, 0) is 18.8 Å². The van der Waals surface area contributed by atoms with E-state index >= 15 is 0 Å². The maximum Gasteiger partial charge on any atom is 0.306 e. The van der Waals surface area contributed by atoms with Crippen LogP contribution < -0.4 is 5.32 Å². The van der Waals surface area contributed by atoms with Gasteiger partial charge in [-0.25, -0.2) is 0 Å². The zero-order valence-corrected chi connectivity index (χ0v) is 11.8. The number of nitrogens with one attached hydrogen (secondary N) is 1. The van der Waals surface area contributed by atoms with Gasteiger partial charge in [-0.2, -0.15) is 0 Å². The molecule has 0 spiro atoms. The highest BCUT2D eigenvalue weighted by molar-refractivity contribution is 5.89. The van der Waals surface area contributed by atoms with E-state index in [-0.39, 0.29) is 36.0 Å². The first-order valence-electron chi connectivity index (χ1n) is 7.23. The van der Waals surface area contributed by atoms with Gasteiger partial charge in [0, 0.05) is 26.6 Å². The van der Waals surface area contributed by atoms with Gasteiger partial charge in [0.2, 0.25) is 11.8 Å². The van der Waals surface area contributed by atoms with E-state index in [0.29, 0.717) is 19.5 Å². The van der Waals surface area contributed by atoms with E-state index in [4.69, 9.17) is 0 Å². The third kappa shape index (κ3) is 3.29. The largest absolute Gasteiger partial charge is 0.481 e. The van der Waals surface area contributed by atoms with Crippen molar-refractivity contribution in [2.45, 2.75) is 32.1 Å². The number of carboxylic acids is 1. The summed E-state index contributed by atoms with van der Waals surface area (Å²) in [6, 6.07) is 0. The van der Waals surface area contributed by atoms with Crippen LogP contribution in [0, 0.1) is 17.8 Å². The lowest BCUT2D eigenvalue weighted by Crippen LogP contribution is -2.40. The van der Waals surface area contributed by atoms with Crippen molar-refractivity contribution in [3.63, 3.8) is 0 Å². The Bertz CT molecular complexity index is 410. The van der Waals surface area contributed by atoms with Crippen molar-refractivity contribution < 1.29 is 19.5 Å². The molecule has 2 aliphatic rings.